The molecule has 1 saturated heterocycles. The fraction of sp³-hybridized carbons (Fsp3) is 0.267. The maximum absolute atomic E-state index is 13.7. The van der Waals surface area contributed by atoms with Gasteiger partial charge in [0.25, 0.3) is 5.78 Å². The lowest BCUT2D eigenvalue weighted by Crippen LogP contribution is -2.29. The molecule has 1 fully saturated rings. The Hall–Kier alpha value is -4.84. The Labute approximate surface area is 246 Å². The summed E-state index contributed by atoms with van der Waals surface area (Å²) < 4.78 is 27.0. The topological polar surface area (TPSA) is 134 Å². The Morgan fingerprint density at radius 1 is 1.02 bits per heavy atom. The number of thiazole rings is 1. The van der Waals surface area contributed by atoms with Gasteiger partial charge in [0.2, 0.25) is 5.75 Å². The highest BCUT2D eigenvalue weighted by atomic mass is 32.1. The molecule has 12 heteroatoms. The second-order valence-electron chi connectivity index (χ2n) is 9.11. The molecule has 11 nitrogen and oxygen atoms in total. The van der Waals surface area contributed by atoms with Crippen molar-refractivity contribution in [1.82, 2.24) is 4.98 Å². The predicted molar refractivity (Wildman–Crippen MR) is 156 cm³/mol. The molecule has 2 aromatic carbocycles. The minimum atomic E-state index is -1.18. The first kappa shape index (κ1) is 30.1. The van der Waals surface area contributed by atoms with Gasteiger partial charge in [0.15, 0.2) is 16.6 Å². The van der Waals surface area contributed by atoms with Crippen molar-refractivity contribution in [1.29, 1.82) is 0 Å². The first-order valence-corrected chi connectivity index (χ1v) is 13.4. The van der Waals surface area contributed by atoms with E-state index in [0.717, 1.165) is 16.2 Å². The van der Waals surface area contributed by atoms with E-state index in [1.165, 1.54) is 34.5 Å². The number of Topliss-reactive ketones (excluding diaryl/α,β-unsaturated/α-hetero) is 1. The second kappa shape index (κ2) is 12.4. The maximum atomic E-state index is 13.7. The molecule has 1 atom stereocenters. The van der Waals surface area contributed by atoms with Crippen molar-refractivity contribution in [3.05, 3.63) is 75.8 Å². The number of carbonyl (C=O) groups excluding carboxylic acids is 3. The number of anilines is 1. The van der Waals surface area contributed by atoms with Crippen LogP contribution in [-0.2, 0) is 14.3 Å². The van der Waals surface area contributed by atoms with Crippen LogP contribution in [-0.4, -0.2) is 62.8 Å². The lowest BCUT2D eigenvalue weighted by molar-refractivity contribution is -0.132. The number of hydrogen-bond donors (Lipinski definition) is 1. The molecule has 1 aromatic heterocycles. The lowest BCUT2D eigenvalue weighted by atomic mass is 9.94. The van der Waals surface area contributed by atoms with Crippen LogP contribution in [0.15, 0.2) is 48.6 Å². The monoisotopic (exact) mass is 594 g/mol. The van der Waals surface area contributed by atoms with Crippen LogP contribution >= 0.6 is 11.3 Å². The number of nitrogens with zero attached hydrogens (tertiary/aromatic N) is 2. The third kappa shape index (κ3) is 5.28. The molecule has 1 N–H and O–H groups in total. The number of amides is 1. The fourth-order valence-electron chi connectivity index (χ4n) is 4.66. The summed E-state index contributed by atoms with van der Waals surface area (Å²) in [5, 5.41) is 11.6. The smallest absolute Gasteiger partial charge is 0.350 e. The first-order valence-electron chi connectivity index (χ1n) is 12.6. The number of esters is 1. The van der Waals surface area contributed by atoms with Crippen LogP contribution in [0.25, 0.3) is 5.76 Å². The Morgan fingerprint density at radius 2 is 1.67 bits per heavy atom. The molecule has 0 unspecified atom stereocenters. The molecule has 1 aliphatic rings. The molecule has 3 aromatic rings. The van der Waals surface area contributed by atoms with Gasteiger partial charge in [-0.1, -0.05) is 24.0 Å². The molecule has 0 spiro atoms. The van der Waals surface area contributed by atoms with Gasteiger partial charge in [-0.15, -0.1) is 0 Å². The molecule has 4 rings (SSSR count). The number of aliphatic hydroxyl groups excluding tert-OH is 1. The second-order valence-corrected chi connectivity index (χ2v) is 10.1. The van der Waals surface area contributed by atoms with Crippen LogP contribution in [0.4, 0.5) is 5.13 Å². The molecule has 1 aliphatic heterocycles. The molecule has 0 aliphatic carbocycles. The molecular formula is C30H30N2O9S. The van der Waals surface area contributed by atoms with E-state index in [4.69, 9.17) is 23.7 Å². The molecule has 0 saturated carbocycles. The van der Waals surface area contributed by atoms with Crippen molar-refractivity contribution < 1.29 is 43.2 Å². The van der Waals surface area contributed by atoms with Crippen LogP contribution in [0.1, 0.15) is 38.1 Å². The Balaban J connectivity index is 1.99. The van der Waals surface area contributed by atoms with Crippen molar-refractivity contribution in [2.75, 3.05) is 39.9 Å². The number of ketones is 1. The summed E-state index contributed by atoms with van der Waals surface area (Å²) in [4.78, 5) is 45.7. The van der Waals surface area contributed by atoms with Gasteiger partial charge in [-0.25, -0.2) is 9.78 Å². The number of hydrogen-bond acceptors (Lipinski definition) is 11. The van der Waals surface area contributed by atoms with Crippen molar-refractivity contribution in [3.63, 3.8) is 0 Å². The largest absolute Gasteiger partial charge is 0.507 e. The van der Waals surface area contributed by atoms with Crippen LogP contribution in [0.5, 0.6) is 23.0 Å². The summed E-state index contributed by atoms with van der Waals surface area (Å²) in [5.41, 5.74) is 1.48. The highest BCUT2D eigenvalue weighted by molar-refractivity contribution is 7.17. The lowest BCUT2D eigenvalue weighted by Gasteiger charge is -2.24. The number of aryl methyl sites for hydroxylation is 2. The average molecular weight is 595 g/mol. The molecule has 220 valence electrons. The zero-order valence-electron chi connectivity index (χ0n) is 24.0. The van der Waals surface area contributed by atoms with Gasteiger partial charge in [-0.05, 0) is 55.3 Å². The molecule has 0 radical (unpaired) electrons. The summed E-state index contributed by atoms with van der Waals surface area (Å²) in [5.74, 6) is -1.52. The average Bonchev–Trinajstić information content (AvgIpc) is 3.50. The highest BCUT2D eigenvalue weighted by Crippen LogP contribution is 2.48. The summed E-state index contributed by atoms with van der Waals surface area (Å²) in [7, 11) is 5.84. The van der Waals surface area contributed by atoms with Crippen molar-refractivity contribution in [2.45, 2.75) is 19.9 Å². The predicted octanol–water partition coefficient (Wildman–Crippen LogP) is 4.76. The molecule has 2 heterocycles. The van der Waals surface area contributed by atoms with E-state index in [2.05, 4.69) is 11.6 Å². The zero-order valence-corrected chi connectivity index (χ0v) is 24.8. The van der Waals surface area contributed by atoms with Gasteiger partial charge in [0.1, 0.15) is 23.0 Å². The van der Waals surface area contributed by atoms with E-state index in [-0.39, 0.29) is 33.7 Å². The molecule has 42 heavy (non-hydrogen) atoms. The van der Waals surface area contributed by atoms with E-state index in [1.807, 2.05) is 0 Å². The van der Waals surface area contributed by atoms with Gasteiger partial charge in [0, 0.05) is 5.56 Å². The first-order chi connectivity index (χ1) is 20.1. The third-order valence-corrected chi connectivity index (χ3v) is 7.76. The number of benzene rings is 2. The van der Waals surface area contributed by atoms with E-state index in [0.29, 0.717) is 33.9 Å². The van der Waals surface area contributed by atoms with Crippen LogP contribution in [0.2, 0.25) is 0 Å². The fourth-order valence-corrected chi connectivity index (χ4v) is 5.65. The van der Waals surface area contributed by atoms with E-state index < -0.39 is 29.5 Å². The van der Waals surface area contributed by atoms with Crippen molar-refractivity contribution in [2.24, 2.45) is 0 Å². The third-order valence-electron chi connectivity index (χ3n) is 6.62. The quantitative estimate of drug-likeness (QED) is 0.115. The standard InChI is InChI=1S/C30H30N2O9S/c1-8-11-41-29(36)27-16(3)31-30(42-27)32-23(18-13-20(38-5)26(40-7)21(14-18)39-6)22(25(34)28(32)35)24(33)17-9-10-19(37-4)15(2)12-17/h8-10,12-14,23,33H,1,11H2,2-7H3/t23-/m1/s1. The minimum Gasteiger partial charge on any atom is -0.507 e. The van der Waals surface area contributed by atoms with Crippen LogP contribution in [0.3, 0.4) is 0 Å². The summed E-state index contributed by atoms with van der Waals surface area (Å²) in [6.45, 7) is 6.91. The van der Waals surface area contributed by atoms with Crippen LogP contribution in [0, 0.1) is 13.8 Å². The Kier molecular flexibility index (Phi) is 8.86. The number of rotatable bonds is 10. The van der Waals surface area contributed by atoms with E-state index in [9.17, 15) is 19.5 Å². The number of ether oxygens (including phenoxy) is 5. The van der Waals surface area contributed by atoms with Crippen LogP contribution < -0.4 is 23.8 Å². The molecule has 1 amide bonds. The van der Waals surface area contributed by atoms with E-state index >= 15 is 0 Å². The summed E-state index contributed by atoms with van der Waals surface area (Å²) in [6, 6.07) is 6.87. The number of aliphatic hydroxyl groups is 1. The number of carbonyl (C=O) groups is 3. The number of aromatic nitrogens is 1. The van der Waals surface area contributed by atoms with Crippen molar-refractivity contribution in [3.8, 4) is 23.0 Å². The van der Waals surface area contributed by atoms with E-state index in [1.54, 1.807) is 44.2 Å². The number of methoxy groups -OCH3 is 4. The molecule has 0 bridgehead atoms. The zero-order chi connectivity index (χ0) is 30.7. The van der Waals surface area contributed by atoms with Gasteiger partial charge in [-0.3, -0.25) is 14.5 Å². The minimum absolute atomic E-state index is 0.0112. The normalized spacial score (nSPS) is 15.9. The molecular weight excluding hydrogens is 564 g/mol. The van der Waals surface area contributed by atoms with Gasteiger partial charge in [0.05, 0.1) is 45.7 Å². The van der Waals surface area contributed by atoms with Crippen molar-refractivity contribution >= 4 is 39.9 Å². The van der Waals surface area contributed by atoms with Gasteiger partial charge >= 0.3 is 11.9 Å². The Morgan fingerprint density at radius 3 is 2.21 bits per heavy atom. The summed E-state index contributed by atoms with van der Waals surface area (Å²) in [6.07, 6.45) is 1.43. The van der Waals surface area contributed by atoms with Gasteiger partial charge in [-0.2, -0.15) is 0 Å². The Bertz CT molecular complexity index is 1580. The summed E-state index contributed by atoms with van der Waals surface area (Å²) >= 11 is 0.889. The SMILES string of the molecule is C=CCOC(=O)c1sc(N2C(=O)C(=O)C(=C(O)c3ccc(OC)c(C)c3)[C@H]2c2cc(OC)c(OC)c(OC)c2)nc1C. The maximum Gasteiger partial charge on any atom is 0.350 e. The highest BCUT2D eigenvalue weighted by Gasteiger charge is 2.49. The van der Waals surface area contributed by atoms with Gasteiger partial charge < -0.3 is 28.8 Å².